The van der Waals surface area contributed by atoms with E-state index in [-0.39, 0.29) is 5.97 Å². The number of esters is 1. The van der Waals surface area contributed by atoms with Crippen LogP contribution in [0.25, 0.3) is 0 Å². The SMILES string of the molecule is C=CCCCCCCCC(=O)OC.C=CCOC.C=COC. The van der Waals surface area contributed by atoms with Crippen LogP contribution in [0, 0.1) is 0 Å². The van der Waals surface area contributed by atoms with Crippen molar-refractivity contribution in [1.29, 1.82) is 0 Å². The molecule has 130 valence electrons. The Balaban J connectivity index is -0.000000330. The minimum atomic E-state index is -0.0916. The summed E-state index contributed by atoms with van der Waals surface area (Å²) in [5.41, 5.74) is 0. The van der Waals surface area contributed by atoms with Gasteiger partial charge in [-0.25, -0.2) is 0 Å². The molecule has 0 aromatic rings. The number of carbonyl (C=O) groups excluding carboxylic acids is 1. The van der Waals surface area contributed by atoms with Gasteiger partial charge in [0.1, 0.15) is 0 Å². The first-order valence-electron chi connectivity index (χ1n) is 7.55. The molecule has 0 saturated carbocycles. The van der Waals surface area contributed by atoms with E-state index in [1.807, 2.05) is 6.08 Å². The van der Waals surface area contributed by atoms with Gasteiger partial charge in [0.05, 0.1) is 27.1 Å². The molecule has 4 nitrogen and oxygen atoms in total. The molecule has 0 spiro atoms. The van der Waals surface area contributed by atoms with Crippen molar-refractivity contribution in [2.75, 3.05) is 27.9 Å². The summed E-state index contributed by atoms with van der Waals surface area (Å²) >= 11 is 0. The van der Waals surface area contributed by atoms with Crippen LogP contribution in [0.3, 0.4) is 0 Å². The summed E-state index contributed by atoms with van der Waals surface area (Å²) in [5.74, 6) is -0.0916. The number of carbonyl (C=O) groups is 1. The van der Waals surface area contributed by atoms with E-state index in [0.717, 1.165) is 19.3 Å². The molecular weight excluding hydrogens is 280 g/mol. The third-order valence-electron chi connectivity index (χ3n) is 2.47. The minimum absolute atomic E-state index is 0.0916. The number of rotatable bonds is 11. The molecule has 0 radical (unpaired) electrons. The molecule has 22 heavy (non-hydrogen) atoms. The van der Waals surface area contributed by atoms with Gasteiger partial charge in [0, 0.05) is 13.5 Å². The molecular formula is C18H34O4. The molecule has 0 aromatic heterocycles. The number of hydrogen-bond acceptors (Lipinski definition) is 4. The van der Waals surface area contributed by atoms with Gasteiger partial charge in [0.15, 0.2) is 0 Å². The Morgan fingerprint density at radius 1 is 0.909 bits per heavy atom. The van der Waals surface area contributed by atoms with Gasteiger partial charge in [-0.15, -0.1) is 13.2 Å². The molecule has 0 aliphatic carbocycles. The highest BCUT2D eigenvalue weighted by Gasteiger charge is 1.98. The molecule has 0 aromatic carbocycles. The predicted octanol–water partition coefficient (Wildman–Crippen LogP) is 4.67. The van der Waals surface area contributed by atoms with E-state index >= 15 is 0 Å². The monoisotopic (exact) mass is 314 g/mol. The smallest absolute Gasteiger partial charge is 0.305 e. The minimum Gasteiger partial charge on any atom is -0.505 e. The average molecular weight is 314 g/mol. The second-order valence-corrected chi connectivity index (χ2v) is 4.32. The lowest BCUT2D eigenvalue weighted by atomic mass is 10.1. The largest absolute Gasteiger partial charge is 0.505 e. The maximum absolute atomic E-state index is 10.7. The zero-order chi connectivity index (χ0) is 17.5. The van der Waals surface area contributed by atoms with Crippen molar-refractivity contribution in [2.45, 2.75) is 44.9 Å². The summed E-state index contributed by atoms with van der Waals surface area (Å²) < 4.78 is 13.4. The number of unbranched alkanes of at least 4 members (excludes halogenated alkanes) is 5. The zero-order valence-corrected chi connectivity index (χ0v) is 14.6. The molecule has 0 fully saturated rings. The molecule has 0 saturated heterocycles. The fourth-order valence-corrected chi connectivity index (χ4v) is 1.31. The van der Waals surface area contributed by atoms with Crippen LogP contribution < -0.4 is 0 Å². The van der Waals surface area contributed by atoms with Gasteiger partial charge in [0.2, 0.25) is 0 Å². The topological polar surface area (TPSA) is 44.8 Å². The van der Waals surface area contributed by atoms with E-state index in [4.69, 9.17) is 0 Å². The average Bonchev–Trinajstić information content (AvgIpc) is 2.55. The second kappa shape index (κ2) is 27.7. The first kappa shape index (κ1) is 25.4. The van der Waals surface area contributed by atoms with Gasteiger partial charge in [0.25, 0.3) is 0 Å². The Bertz CT molecular complexity index is 249. The maximum atomic E-state index is 10.7. The van der Waals surface area contributed by atoms with Crippen molar-refractivity contribution in [3.05, 3.63) is 38.2 Å². The van der Waals surface area contributed by atoms with Crippen molar-refractivity contribution in [3.63, 3.8) is 0 Å². The number of methoxy groups -OCH3 is 3. The molecule has 0 unspecified atom stereocenters. The fraction of sp³-hybridized carbons (Fsp3) is 0.611. The van der Waals surface area contributed by atoms with Crippen LogP contribution in [0.1, 0.15) is 44.9 Å². The maximum Gasteiger partial charge on any atom is 0.305 e. The molecule has 0 heterocycles. The van der Waals surface area contributed by atoms with E-state index in [2.05, 4.69) is 33.9 Å². The molecule has 0 bridgehead atoms. The molecule has 0 aliphatic heterocycles. The Kier molecular flexibility index (Phi) is 32.0. The van der Waals surface area contributed by atoms with Gasteiger partial charge in [-0.05, 0) is 19.3 Å². The summed E-state index contributed by atoms with van der Waals surface area (Å²) in [6, 6.07) is 0. The second-order valence-electron chi connectivity index (χ2n) is 4.32. The summed E-state index contributed by atoms with van der Waals surface area (Å²) in [5, 5.41) is 0. The summed E-state index contributed by atoms with van der Waals surface area (Å²) in [7, 11) is 4.64. The van der Waals surface area contributed by atoms with Crippen molar-refractivity contribution >= 4 is 5.97 Å². The lowest BCUT2D eigenvalue weighted by Crippen LogP contribution is -1.98. The van der Waals surface area contributed by atoms with Gasteiger partial charge in [-0.3, -0.25) is 4.79 Å². The van der Waals surface area contributed by atoms with Gasteiger partial charge >= 0.3 is 5.97 Å². The van der Waals surface area contributed by atoms with Crippen LogP contribution in [0.5, 0.6) is 0 Å². The molecule has 0 rings (SSSR count). The van der Waals surface area contributed by atoms with Crippen molar-refractivity contribution in [2.24, 2.45) is 0 Å². The normalized spacial score (nSPS) is 8.32. The van der Waals surface area contributed by atoms with Crippen LogP contribution in [0.4, 0.5) is 0 Å². The van der Waals surface area contributed by atoms with Crippen molar-refractivity contribution in [1.82, 2.24) is 0 Å². The van der Waals surface area contributed by atoms with E-state index in [1.54, 1.807) is 20.3 Å². The quantitative estimate of drug-likeness (QED) is 0.240. The first-order valence-corrected chi connectivity index (χ1v) is 7.55. The Morgan fingerprint density at radius 2 is 1.45 bits per heavy atom. The van der Waals surface area contributed by atoms with Gasteiger partial charge in [-0.2, -0.15) is 0 Å². The number of ether oxygens (including phenoxy) is 3. The van der Waals surface area contributed by atoms with Gasteiger partial charge < -0.3 is 14.2 Å². The highest BCUT2D eigenvalue weighted by Crippen LogP contribution is 2.07. The standard InChI is InChI=1S/C11H20O2.C4H8O.C3H6O/c1-3-4-5-6-7-8-9-10-11(12)13-2;1-3-4-5-2;1-3-4-2/h3H,1,4-10H2,2H3;3H,1,4H2,2H3;3H,1H2,2H3. The van der Waals surface area contributed by atoms with Crippen LogP contribution >= 0.6 is 0 Å². The van der Waals surface area contributed by atoms with Crippen LogP contribution in [-0.4, -0.2) is 33.9 Å². The van der Waals surface area contributed by atoms with Crippen molar-refractivity contribution in [3.8, 4) is 0 Å². The van der Waals surface area contributed by atoms with Crippen LogP contribution in [-0.2, 0) is 19.0 Å². The van der Waals surface area contributed by atoms with Crippen LogP contribution in [0.15, 0.2) is 38.2 Å². The van der Waals surface area contributed by atoms with E-state index in [1.165, 1.54) is 32.6 Å². The highest BCUT2D eigenvalue weighted by atomic mass is 16.5. The lowest BCUT2D eigenvalue weighted by molar-refractivity contribution is -0.140. The third-order valence-corrected chi connectivity index (χ3v) is 2.47. The Hall–Kier alpha value is -1.55. The van der Waals surface area contributed by atoms with Crippen molar-refractivity contribution < 1.29 is 19.0 Å². The summed E-state index contributed by atoms with van der Waals surface area (Å²) in [4.78, 5) is 10.7. The van der Waals surface area contributed by atoms with E-state index in [0.29, 0.717) is 13.0 Å². The van der Waals surface area contributed by atoms with Gasteiger partial charge in [-0.1, -0.05) is 38.0 Å². The molecule has 0 aliphatic rings. The highest BCUT2D eigenvalue weighted by molar-refractivity contribution is 5.68. The predicted molar refractivity (Wildman–Crippen MR) is 93.8 cm³/mol. The molecule has 0 atom stereocenters. The lowest BCUT2D eigenvalue weighted by Gasteiger charge is -1.99. The third kappa shape index (κ3) is 36.2. The summed E-state index contributed by atoms with van der Waals surface area (Å²) in [6.07, 6.45) is 12.5. The molecule has 0 amide bonds. The Morgan fingerprint density at radius 3 is 1.82 bits per heavy atom. The first-order chi connectivity index (χ1) is 10.6. The zero-order valence-electron chi connectivity index (χ0n) is 14.6. The van der Waals surface area contributed by atoms with Crippen LogP contribution in [0.2, 0.25) is 0 Å². The molecule has 4 heteroatoms. The fourth-order valence-electron chi connectivity index (χ4n) is 1.31. The molecule has 0 N–H and O–H groups in total. The Labute approximate surface area is 136 Å². The van der Waals surface area contributed by atoms with E-state index in [9.17, 15) is 4.79 Å². The van der Waals surface area contributed by atoms with E-state index < -0.39 is 0 Å². The summed E-state index contributed by atoms with van der Waals surface area (Å²) in [6.45, 7) is 11.0. The number of hydrogen-bond donors (Lipinski definition) is 0. The number of allylic oxidation sites excluding steroid dienone is 1.